The molecule has 1 unspecified atom stereocenters. The molecule has 0 radical (unpaired) electrons. The van der Waals surface area contributed by atoms with Crippen molar-refractivity contribution in [3.05, 3.63) is 90.3 Å². The minimum atomic E-state index is -0.319. The first kappa shape index (κ1) is 18.1. The molecule has 0 spiro atoms. The Morgan fingerprint density at radius 3 is 2.11 bits per heavy atom. The second-order valence-electron chi connectivity index (χ2n) is 6.00. The molecule has 0 aliphatic rings. The summed E-state index contributed by atoms with van der Waals surface area (Å²) >= 11 is 0. The van der Waals surface area contributed by atoms with E-state index in [1.807, 2.05) is 49.4 Å². The van der Waals surface area contributed by atoms with Crippen LogP contribution in [0.1, 0.15) is 28.9 Å². The van der Waals surface area contributed by atoms with E-state index in [-0.39, 0.29) is 18.0 Å². The van der Waals surface area contributed by atoms with Crippen molar-refractivity contribution in [1.82, 2.24) is 10.3 Å². The van der Waals surface area contributed by atoms with Crippen LogP contribution in [0.4, 0.5) is 16.2 Å². The molecule has 6 nitrogen and oxygen atoms in total. The Bertz CT molecular complexity index is 896. The number of hydrogen-bond acceptors (Lipinski definition) is 3. The van der Waals surface area contributed by atoms with E-state index < -0.39 is 0 Å². The Labute approximate surface area is 157 Å². The molecule has 3 amide bonds. The monoisotopic (exact) mass is 360 g/mol. The van der Waals surface area contributed by atoms with Gasteiger partial charge in [0.25, 0.3) is 5.91 Å². The van der Waals surface area contributed by atoms with Gasteiger partial charge in [-0.1, -0.05) is 18.2 Å². The molecule has 0 aliphatic carbocycles. The molecule has 3 aromatic rings. The summed E-state index contributed by atoms with van der Waals surface area (Å²) in [6.45, 7) is 1.89. The number of benzene rings is 2. The van der Waals surface area contributed by atoms with Crippen molar-refractivity contribution in [3.63, 3.8) is 0 Å². The van der Waals surface area contributed by atoms with E-state index in [2.05, 4.69) is 20.9 Å². The van der Waals surface area contributed by atoms with Crippen LogP contribution in [0, 0.1) is 0 Å². The van der Waals surface area contributed by atoms with Crippen LogP contribution in [0.25, 0.3) is 0 Å². The normalized spacial score (nSPS) is 11.3. The van der Waals surface area contributed by atoms with Crippen molar-refractivity contribution in [3.8, 4) is 0 Å². The van der Waals surface area contributed by atoms with Gasteiger partial charge in [-0.25, -0.2) is 4.79 Å². The van der Waals surface area contributed by atoms with E-state index in [0.717, 1.165) is 11.3 Å². The van der Waals surface area contributed by atoms with Gasteiger partial charge in [0.05, 0.1) is 6.04 Å². The third-order valence-corrected chi connectivity index (χ3v) is 3.99. The summed E-state index contributed by atoms with van der Waals surface area (Å²) in [6.07, 6.45) is 3.37. The Morgan fingerprint density at radius 1 is 0.815 bits per heavy atom. The van der Waals surface area contributed by atoms with Crippen LogP contribution < -0.4 is 16.0 Å². The number of carbonyl (C=O) groups is 2. The number of urea groups is 1. The van der Waals surface area contributed by atoms with E-state index in [0.29, 0.717) is 11.3 Å². The predicted octanol–water partition coefficient (Wildman–Crippen LogP) is 4.22. The molecular weight excluding hydrogens is 340 g/mol. The lowest BCUT2D eigenvalue weighted by atomic mass is 10.1. The highest BCUT2D eigenvalue weighted by Gasteiger charge is 2.10. The standard InChI is InChI=1S/C21H20N4O2/c1-15(16-11-13-22-14-12-16)23-21(27)25-19-9-7-17(8-10-19)20(26)24-18-5-3-2-4-6-18/h2-15H,1H3,(H,24,26)(H2,23,25,27). The average molecular weight is 360 g/mol. The number of aromatic nitrogens is 1. The second kappa shape index (κ2) is 8.62. The van der Waals surface area contributed by atoms with Gasteiger partial charge in [-0.05, 0) is 61.0 Å². The fourth-order valence-electron chi connectivity index (χ4n) is 2.53. The maximum Gasteiger partial charge on any atom is 0.319 e. The van der Waals surface area contributed by atoms with Crippen LogP contribution in [0.3, 0.4) is 0 Å². The van der Waals surface area contributed by atoms with Crippen LogP contribution in [0.15, 0.2) is 79.1 Å². The van der Waals surface area contributed by atoms with Gasteiger partial charge in [0.2, 0.25) is 0 Å². The van der Waals surface area contributed by atoms with Crippen molar-refractivity contribution < 1.29 is 9.59 Å². The first-order valence-electron chi connectivity index (χ1n) is 8.56. The Morgan fingerprint density at radius 2 is 1.44 bits per heavy atom. The number of amides is 3. The van der Waals surface area contributed by atoms with Crippen molar-refractivity contribution in [2.45, 2.75) is 13.0 Å². The van der Waals surface area contributed by atoms with Crippen molar-refractivity contribution >= 4 is 23.3 Å². The van der Waals surface area contributed by atoms with E-state index in [1.165, 1.54) is 0 Å². The number of nitrogens with one attached hydrogen (secondary N) is 3. The van der Waals surface area contributed by atoms with Gasteiger partial charge in [-0.2, -0.15) is 0 Å². The van der Waals surface area contributed by atoms with Crippen LogP contribution >= 0.6 is 0 Å². The first-order chi connectivity index (χ1) is 13.1. The van der Waals surface area contributed by atoms with Crippen LogP contribution in [-0.4, -0.2) is 16.9 Å². The summed E-state index contributed by atoms with van der Waals surface area (Å²) < 4.78 is 0. The summed E-state index contributed by atoms with van der Waals surface area (Å²) in [4.78, 5) is 28.3. The van der Waals surface area contributed by atoms with E-state index in [4.69, 9.17) is 0 Å². The molecule has 2 aromatic carbocycles. The zero-order valence-electron chi connectivity index (χ0n) is 14.8. The van der Waals surface area contributed by atoms with Crippen molar-refractivity contribution in [1.29, 1.82) is 0 Å². The smallest absolute Gasteiger partial charge is 0.319 e. The van der Waals surface area contributed by atoms with Crippen LogP contribution in [0.5, 0.6) is 0 Å². The molecule has 3 N–H and O–H groups in total. The fraction of sp³-hybridized carbons (Fsp3) is 0.0952. The lowest BCUT2D eigenvalue weighted by Crippen LogP contribution is -2.31. The SMILES string of the molecule is CC(NC(=O)Nc1ccc(C(=O)Nc2ccccc2)cc1)c1ccncc1. The maximum atomic E-state index is 12.2. The summed E-state index contributed by atoms with van der Waals surface area (Å²) in [5.41, 5.74) is 2.81. The number of anilines is 2. The highest BCUT2D eigenvalue weighted by Crippen LogP contribution is 2.14. The van der Waals surface area contributed by atoms with E-state index in [9.17, 15) is 9.59 Å². The number of hydrogen-bond donors (Lipinski definition) is 3. The van der Waals surface area contributed by atoms with Crippen LogP contribution in [0.2, 0.25) is 0 Å². The number of rotatable bonds is 5. The summed E-state index contributed by atoms with van der Waals surface area (Å²) in [5, 5.41) is 8.44. The maximum absolute atomic E-state index is 12.2. The fourth-order valence-corrected chi connectivity index (χ4v) is 2.53. The molecule has 3 rings (SSSR count). The average Bonchev–Trinajstić information content (AvgIpc) is 2.70. The van der Waals surface area contributed by atoms with Crippen molar-refractivity contribution in [2.75, 3.05) is 10.6 Å². The van der Waals surface area contributed by atoms with E-state index >= 15 is 0 Å². The van der Waals surface area contributed by atoms with Gasteiger partial charge in [0, 0.05) is 29.3 Å². The summed E-state index contributed by atoms with van der Waals surface area (Å²) in [7, 11) is 0. The van der Waals surface area contributed by atoms with Gasteiger partial charge >= 0.3 is 6.03 Å². The number of pyridine rings is 1. The highest BCUT2D eigenvalue weighted by molar-refractivity contribution is 6.04. The molecule has 0 saturated carbocycles. The Hall–Kier alpha value is -3.67. The molecule has 1 atom stereocenters. The molecular formula is C21H20N4O2. The molecule has 136 valence electrons. The quantitative estimate of drug-likeness (QED) is 0.637. The molecule has 6 heteroatoms. The molecule has 0 saturated heterocycles. The molecule has 1 aromatic heterocycles. The molecule has 0 bridgehead atoms. The van der Waals surface area contributed by atoms with E-state index in [1.54, 1.807) is 36.7 Å². The molecule has 27 heavy (non-hydrogen) atoms. The molecule has 0 aliphatic heterocycles. The number of para-hydroxylation sites is 1. The third-order valence-electron chi connectivity index (χ3n) is 3.99. The zero-order valence-corrected chi connectivity index (χ0v) is 14.8. The first-order valence-corrected chi connectivity index (χ1v) is 8.56. The molecule has 1 heterocycles. The van der Waals surface area contributed by atoms with Gasteiger partial charge in [-0.3, -0.25) is 9.78 Å². The van der Waals surface area contributed by atoms with Gasteiger partial charge in [-0.15, -0.1) is 0 Å². The summed E-state index contributed by atoms with van der Waals surface area (Å²) in [6, 6.07) is 19.2. The van der Waals surface area contributed by atoms with Crippen LogP contribution in [-0.2, 0) is 0 Å². The highest BCUT2D eigenvalue weighted by atomic mass is 16.2. The van der Waals surface area contributed by atoms with Gasteiger partial charge in [0.15, 0.2) is 0 Å². The topological polar surface area (TPSA) is 83.1 Å². The van der Waals surface area contributed by atoms with Gasteiger partial charge < -0.3 is 16.0 Å². The third kappa shape index (κ3) is 5.15. The minimum Gasteiger partial charge on any atom is -0.331 e. The zero-order chi connectivity index (χ0) is 19.1. The lowest BCUT2D eigenvalue weighted by Gasteiger charge is -2.15. The lowest BCUT2D eigenvalue weighted by molar-refractivity contribution is 0.102. The largest absolute Gasteiger partial charge is 0.331 e. The second-order valence-corrected chi connectivity index (χ2v) is 6.00. The number of nitrogens with zero attached hydrogens (tertiary/aromatic N) is 1. The summed E-state index contributed by atoms with van der Waals surface area (Å²) in [5.74, 6) is -0.205. The Kier molecular flexibility index (Phi) is 5.79. The Balaban J connectivity index is 1.55. The minimum absolute atomic E-state index is 0.149. The number of carbonyl (C=O) groups excluding carboxylic acids is 2. The molecule has 0 fully saturated rings. The predicted molar refractivity (Wildman–Crippen MR) is 106 cm³/mol. The van der Waals surface area contributed by atoms with Gasteiger partial charge in [0.1, 0.15) is 0 Å². The van der Waals surface area contributed by atoms with Crippen molar-refractivity contribution in [2.24, 2.45) is 0 Å².